The monoisotopic (exact) mass is 423 g/mol. The summed E-state index contributed by atoms with van der Waals surface area (Å²) >= 11 is 0. The molecule has 0 spiro atoms. The first-order chi connectivity index (χ1) is 15.1. The van der Waals surface area contributed by atoms with Crippen LogP contribution in [0.2, 0.25) is 0 Å². The minimum atomic E-state index is -0.707. The first-order valence-corrected chi connectivity index (χ1v) is 10.2. The highest BCUT2D eigenvalue weighted by Gasteiger charge is 2.46. The molecule has 1 amide bonds. The molecule has 0 saturated carbocycles. The molecule has 1 aromatic heterocycles. The van der Waals surface area contributed by atoms with E-state index in [1.807, 2.05) is 6.07 Å². The largest absolute Gasteiger partial charge is 0.507 e. The summed E-state index contributed by atoms with van der Waals surface area (Å²) < 4.78 is 10.6. The van der Waals surface area contributed by atoms with Crippen molar-refractivity contribution in [3.05, 3.63) is 65.5 Å². The van der Waals surface area contributed by atoms with Gasteiger partial charge < -0.3 is 19.5 Å². The van der Waals surface area contributed by atoms with Crippen LogP contribution in [-0.2, 0) is 14.3 Å². The Morgan fingerprint density at radius 2 is 2.00 bits per heavy atom. The summed E-state index contributed by atoms with van der Waals surface area (Å²) in [6, 6.07) is 9.64. The second-order valence-electron chi connectivity index (χ2n) is 7.46. The minimum Gasteiger partial charge on any atom is -0.507 e. The highest BCUT2D eigenvalue weighted by Crippen LogP contribution is 2.39. The maximum atomic E-state index is 13.0. The van der Waals surface area contributed by atoms with E-state index in [0.717, 1.165) is 13.1 Å². The van der Waals surface area contributed by atoms with Crippen LogP contribution in [0.5, 0.6) is 5.75 Å². The molecule has 8 heteroatoms. The standard InChI is InChI=1S/C23H25N3O5/c1-30-18-6-2-4-16(14-18)21(27)19-20(17-5-3-7-24-15-17)26(23(29)22(19)28)9-8-25-10-12-31-13-11-25/h2-7,14-15,20,27H,8-13H2,1H3/t20-/m0/s1. The second kappa shape index (κ2) is 9.28. The molecule has 2 fully saturated rings. The van der Waals surface area contributed by atoms with Gasteiger partial charge in [-0.2, -0.15) is 0 Å². The number of hydrogen-bond acceptors (Lipinski definition) is 7. The Morgan fingerprint density at radius 1 is 1.19 bits per heavy atom. The number of ether oxygens (including phenoxy) is 2. The summed E-state index contributed by atoms with van der Waals surface area (Å²) in [6.45, 7) is 3.85. The van der Waals surface area contributed by atoms with Gasteiger partial charge in [0.05, 0.1) is 31.9 Å². The molecular formula is C23H25N3O5. The fourth-order valence-corrected chi connectivity index (χ4v) is 3.99. The van der Waals surface area contributed by atoms with Crippen molar-refractivity contribution >= 4 is 17.4 Å². The molecule has 2 aromatic rings. The normalized spacial score (nSPS) is 21.5. The Kier molecular flexibility index (Phi) is 6.29. The molecule has 31 heavy (non-hydrogen) atoms. The predicted octanol–water partition coefficient (Wildman–Crippen LogP) is 1.84. The van der Waals surface area contributed by atoms with Crippen molar-refractivity contribution in [3.8, 4) is 5.75 Å². The van der Waals surface area contributed by atoms with E-state index in [1.165, 1.54) is 12.0 Å². The lowest BCUT2D eigenvalue weighted by Crippen LogP contribution is -2.42. The number of carbonyl (C=O) groups is 2. The van der Waals surface area contributed by atoms with Gasteiger partial charge in [0.25, 0.3) is 11.7 Å². The third kappa shape index (κ3) is 4.30. The fraction of sp³-hybridized carbons (Fsp3) is 0.348. The molecule has 0 radical (unpaired) electrons. The van der Waals surface area contributed by atoms with Crippen LogP contribution in [0.25, 0.3) is 5.76 Å². The molecule has 0 unspecified atom stereocenters. The highest BCUT2D eigenvalue weighted by atomic mass is 16.5. The van der Waals surface area contributed by atoms with Crippen LogP contribution in [0.15, 0.2) is 54.4 Å². The van der Waals surface area contributed by atoms with Crippen LogP contribution >= 0.6 is 0 Å². The second-order valence-corrected chi connectivity index (χ2v) is 7.46. The number of methoxy groups -OCH3 is 1. The topological polar surface area (TPSA) is 92.2 Å². The zero-order chi connectivity index (χ0) is 21.8. The van der Waals surface area contributed by atoms with Crippen molar-refractivity contribution in [3.63, 3.8) is 0 Å². The van der Waals surface area contributed by atoms with Gasteiger partial charge >= 0.3 is 0 Å². The van der Waals surface area contributed by atoms with Crippen LogP contribution in [0, 0.1) is 0 Å². The molecule has 1 N–H and O–H groups in total. The first kappa shape index (κ1) is 21.0. The molecule has 4 rings (SSSR count). The first-order valence-electron chi connectivity index (χ1n) is 10.2. The van der Waals surface area contributed by atoms with E-state index in [9.17, 15) is 14.7 Å². The van der Waals surface area contributed by atoms with Crippen LogP contribution in [0.1, 0.15) is 17.2 Å². The average Bonchev–Trinajstić information content (AvgIpc) is 3.08. The summed E-state index contributed by atoms with van der Waals surface area (Å²) in [5, 5.41) is 11.1. The molecule has 2 saturated heterocycles. The van der Waals surface area contributed by atoms with Gasteiger partial charge in [0.1, 0.15) is 11.5 Å². The number of morpholine rings is 1. The van der Waals surface area contributed by atoms with Crippen LogP contribution in [-0.4, -0.2) is 78.1 Å². The number of nitrogens with zero attached hydrogens (tertiary/aromatic N) is 3. The SMILES string of the molecule is COc1cccc(C(O)=C2C(=O)C(=O)N(CCN3CCOCC3)[C@H]2c2cccnc2)c1. The van der Waals surface area contributed by atoms with Gasteiger partial charge in [-0.3, -0.25) is 19.5 Å². The molecule has 162 valence electrons. The zero-order valence-electron chi connectivity index (χ0n) is 17.4. The maximum Gasteiger partial charge on any atom is 0.295 e. The fourth-order valence-electron chi connectivity index (χ4n) is 3.99. The van der Waals surface area contributed by atoms with Gasteiger partial charge in [-0.25, -0.2) is 0 Å². The van der Waals surface area contributed by atoms with Crippen molar-refractivity contribution in [1.29, 1.82) is 0 Å². The van der Waals surface area contributed by atoms with E-state index in [1.54, 1.807) is 42.7 Å². The van der Waals surface area contributed by atoms with Crippen molar-refractivity contribution in [2.45, 2.75) is 6.04 Å². The lowest BCUT2D eigenvalue weighted by Gasteiger charge is -2.30. The smallest absolute Gasteiger partial charge is 0.295 e. The number of ketones is 1. The number of aromatic nitrogens is 1. The highest BCUT2D eigenvalue weighted by molar-refractivity contribution is 6.46. The van der Waals surface area contributed by atoms with Gasteiger partial charge in [0.2, 0.25) is 0 Å². The van der Waals surface area contributed by atoms with E-state index in [2.05, 4.69) is 9.88 Å². The van der Waals surface area contributed by atoms with Crippen molar-refractivity contribution < 1.29 is 24.2 Å². The summed E-state index contributed by atoms with van der Waals surface area (Å²) in [6.07, 6.45) is 3.25. The van der Waals surface area contributed by atoms with E-state index in [4.69, 9.17) is 9.47 Å². The van der Waals surface area contributed by atoms with E-state index >= 15 is 0 Å². The summed E-state index contributed by atoms with van der Waals surface area (Å²) in [5.41, 5.74) is 1.15. The van der Waals surface area contributed by atoms with Gasteiger partial charge in [0, 0.05) is 44.1 Å². The Balaban J connectivity index is 1.72. The number of rotatable bonds is 6. The molecule has 0 aliphatic carbocycles. The average molecular weight is 423 g/mol. The van der Waals surface area contributed by atoms with Crippen LogP contribution in [0.4, 0.5) is 0 Å². The Labute approximate surface area is 180 Å². The molecule has 0 bridgehead atoms. The Hall–Kier alpha value is -3.23. The molecule has 2 aliphatic heterocycles. The molecule has 8 nitrogen and oxygen atoms in total. The van der Waals surface area contributed by atoms with Gasteiger partial charge in [-0.05, 0) is 23.8 Å². The van der Waals surface area contributed by atoms with Crippen molar-refractivity contribution in [2.24, 2.45) is 0 Å². The molecule has 2 aliphatic rings. The molecular weight excluding hydrogens is 398 g/mol. The number of carbonyl (C=O) groups excluding carboxylic acids is 2. The Morgan fingerprint density at radius 3 is 2.71 bits per heavy atom. The third-order valence-corrected chi connectivity index (χ3v) is 5.64. The van der Waals surface area contributed by atoms with Gasteiger partial charge in [-0.15, -0.1) is 0 Å². The van der Waals surface area contributed by atoms with Gasteiger partial charge in [0.15, 0.2) is 0 Å². The summed E-state index contributed by atoms with van der Waals surface area (Å²) in [4.78, 5) is 33.9. The van der Waals surface area contributed by atoms with Crippen LogP contribution in [0.3, 0.4) is 0 Å². The summed E-state index contributed by atoms with van der Waals surface area (Å²) in [5.74, 6) is -0.994. The van der Waals surface area contributed by atoms with Gasteiger partial charge in [-0.1, -0.05) is 18.2 Å². The number of hydrogen-bond donors (Lipinski definition) is 1. The van der Waals surface area contributed by atoms with Crippen molar-refractivity contribution in [2.75, 3.05) is 46.5 Å². The maximum absolute atomic E-state index is 13.0. The number of aliphatic hydroxyl groups is 1. The quantitative estimate of drug-likeness (QED) is 0.431. The number of pyridine rings is 1. The van der Waals surface area contributed by atoms with E-state index in [-0.39, 0.29) is 11.3 Å². The molecule has 1 atom stereocenters. The number of benzene rings is 1. The van der Waals surface area contributed by atoms with E-state index < -0.39 is 17.7 Å². The zero-order valence-corrected chi connectivity index (χ0v) is 17.4. The number of amides is 1. The number of Topliss-reactive ketones (excluding diaryl/α,β-unsaturated/α-hetero) is 1. The molecule has 1 aromatic carbocycles. The lowest BCUT2D eigenvalue weighted by atomic mass is 9.96. The Bertz CT molecular complexity index is 986. The summed E-state index contributed by atoms with van der Waals surface area (Å²) in [7, 11) is 1.53. The number of aliphatic hydroxyl groups excluding tert-OH is 1. The van der Waals surface area contributed by atoms with Crippen LogP contribution < -0.4 is 4.74 Å². The minimum absolute atomic E-state index is 0.0632. The number of likely N-dealkylation sites (tertiary alicyclic amines) is 1. The molecule has 3 heterocycles. The predicted molar refractivity (Wildman–Crippen MR) is 113 cm³/mol. The van der Waals surface area contributed by atoms with Crippen molar-refractivity contribution in [1.82, 2.24) is 14.8 Å². The lowest BCUT2D eigenvalue weighted by molar-refractivity contribution is -0.140. The third-order valence-electron chi connectivity index (χ3n) is 5.64. The van der Waals surface area contributed by atoms with E-state index in [0.29, 0.717) is 43.2 Å².